The van der Waals surface area contributed by atoms with E-state index >= 15 is 0 Å². The summed E-state index contributed by atoms with van der Waals surface area (Å²) in [6.07, 6.45) is 1.39. The molecule has 94 valence electrons. The second-order valence-electron chi connectivity index (χ2n) is 6.08. The third-order valence-corrected chi connectivity index (χ3v) is 4.27. The minimum Gasteiger partial charge on any atom is -0.315 e. The van der Waals surface area contributed by atoms with Gasteiger partial charge in [0.05, 0.1) is 6.42 Å². The first-order valence-electron chi connectivity index (χ1n) is 6.34. The number of benzene rings is 1. The summed E-state index contributed by atoms with van der Waals surface area (Å²) in [7, 11) is 1.78. The van der Waals surface area contributed by atoms with Crippen molar-refractivity contribution in [1.82, 2.24) is 0 Å². The van der Waals surface area contributed by atoms with Crippen LogP contribution < -0.4 is 4.90 Å². The van der Waals surface area contributed by atoms with Crippen molar-refractivity contribution >= 4 is 17.4 Å². The molecule has 0 bridgehead atoms. The Balaban J connectivity index is 1.91. The first-order chi connectivity index (χ1) is 8.40. The summed E-state index contributed by atoms with van der Waals surface area (Å²) in [6.45, 7) is 4.25. The van der Waals surface area contributed by atoms with Gasteiger partial charge in [-0.1, -0.05) is 13.8 Å². The van der Waals surface area contributed by atoms with Gasteiger partial charge in [-0.05, 0) is 35.6 Å². The Morgan fingerprint density at radius 1 is 1.39 bits per heavy atom. The maximum atomic E-state index is 12.3. The van der Waals surface area contributed by atoms with Crippen LogP contribution in [0.1, 0.15) is 36.2 Å². The number of carbonyl (C=O) groups is 2. The van der Waals surface area contributed by atoms with Gasteiger partial charge in [-0.15, -0.1) is 0 Å². The van der Waals surface area contributed by atoms with Crippen molar-refractivity contribution in [3.8, 4) is 0 Å². The monoisotopic (exact) mass is 243 g/mol. The van der Waals surface area contributed by atoms with Gasteiger partial charge in [0.15, 0.2) is 5.78 Å². The van der Waals surface area contributed by atoms with Gasteiger partial charge in [-0.2, -0.15) is 0 Å². The van der Waals surface area contributed by atoms with E-state index in [2.05, 4.69) is 13.8 Å². The van der Waals surface area contributed by atoms with Crippen LogP contribution in [0.4, 0.5) is 5.69 Å². The number of amides is 1. The first kappa shape index (κ1) is 11.5. The van der Waals surface area contributed by atoms with Gasteiger partial charge >= 0.3 is 0 Å². The average Bonchev–Trinajstić information content (AvgIpc) is 2.86. The zero-order valence-corrected chi connectivity index (χ0v) is 11.0. The molecule has 3 heteroatoms. The van der Waals surface area contributed by atoms with Gasteiger partial charge in [0.1, 0.15) is 0 Å². The molecular weight excluding hydrogens is 226 g/mol. The summed E-state index contributed by atoms with van der Waals surface area (Å²) in [4.78, 5) is 25.5. The number of likely N-dealkylation sites (N-methyl/N-ethyl adjacent to an activating group) is 1. The number of ketones is 1. The molecular formula is C15H17NO2. The molecule has 0 spiro atoms. The van der Waals surface area contributed by atoms with Crippen LogP contribution in [0.5, 0.6) is 0 Å². The molecule has 1 saturated carbocycles. The summed E-state index contributed by atoms with van der Waals surface area (Å²) in [5, 5.41) is 0. The predicted octanol–water partition coefficient (Wildman–Crippen LogP) is 2.43. The number of anilines is 1. The molecule has 0 saturated heterocycles. The van der Waals surface area contributed by atoms with Crippen LogP contribution >= 0.6 is 0 Å². The topological polar surface area (TPSA) is 37.4 Å². The number of Topliss-reactive ketones (excluding diaryl/α,β-unsaturated/α-hetero) is 1. The molecule has 1 atom stereocenters. The molecule has 1 aliphatic carbocycles. The summed E-state index contributed by atoms with van der Waals surface area (Å²) in [6, 6.07) is 5.64. The van der Waals surface area contributed by atoms with E-state index in [4.69, 9.17) is 0 Å². The highest BCUT2D eigenvalue weighted by Gasteiger charge is 2.50. The van der Waals surface area contributed by atoms with Crippen LogP contribution in [0.3, 0.4) is 0 Å². The Bertz CT molecular complexity index is 560. The zero-order chi connectivity index (χ0) is 13.1. The number of rotatable bonds is 2. The Morgan fingerprint density at radius 2 is 2.06 bits per heavy atom. The normalized spacial score (nSPS) is 24.1. The largest absolute Gasteiger partial charge is 0.315 e. The van der Waals surface area contributed by atoms with E-state index in [9.17, 15) is 9.59 Å². The van der Waals surface area contributed by atoms with Crippen molar-refractivity contribution in [2.75, 3.05) is 11.9 Å². The number of hydrogen-bond donors (Lipinski definition) is 0. The predicted molar refractivity (Wildman–Crippen MR) is 69.8 cm³/mol. The van der Waals surface area contributed by atoms with Crippen molar-refractivity contribution in [3.63, 3.8) is 0 Å². The average molecular weight is 243 g/mol. The number of nitrogens with zero attached hydrogens (tertiary/aromatic N) is 1. The van der Waals surface area contributed by atoms with Gasteiger partial charge in [0.2, 0.25) is 5.91 Å². The van der Waals surface area contributed by atoms with Crippen LogP contribution in [-0.2, 0) is 11.2 Å². The third-order valence-electron chi connectivity index (χ3n) is 4.27. The summed E-state index contributed by atoms with van der Waals surface area (Å²) >= 11 is 0. The fraction of sp³-hybridized carbons (Fsp3) is 0.467. The molecule has 1 fully saturated rings. The van der Waals surface area contributed by atoms with Crippen LogP contribution in [0.2, 0.25) is 0 Å². The molecule has 2 aliphatic rings. The summed E-state index contributed by atoms with van der Waals surface area (Å²) in [5.74, 6) is 0.483. The van der Waals surface area contributed by atoms with Crippen molar-refractivity contribution in [3.05, 3.63) is 29.3 Å². The van der Waals surface area contributed by atoms with Crippen LogP contribution in [0, 0.1) is 11.3 Å². The summed E-state index contributed by atoms with van der Waals surface area (Å²) in [5.41, 5.74) is 2.83. The van der Waals surface area contributed by atoms with Gasteiger partial charge in [0, 0.05) is 24.2 Å². The van der Waals surface area contributed by atoms with Crippen molar-refractivity contribution < 1.29 is 9.59 Å². The second kappa shape index (κ2) is 3.44. The SMILES string of the molecule is CN1C(=O)Cc2cc(C(=O)C3CC3(C)C)ccc21. The highest BCUT2D eigenvalue weighted by molar-refractivity contribution is 6.04. The second-order valence-corrected chi connectivity index (χ2v) is 6.08. The smallest absolute Gasteiger partial charge is 0.231 e. The minimum atomic E-state index is 0.0985. The van der Waals surface area contributed by atoms with E-state index in [0.29, 0.717) is 6.42 Å². The number of fused-ring (bicyclic) bond motifs is 1. The molecule has 1 aromatic rings. The highest BCUT2D eigenvalue weighted by Crippen LogP contribution is 2.53. The number of hydrogen-bond acceptors (Lipinski definition) is 2. The lowest BCUT2D eigenvalue weighted by Crippen LogP contribution is -2.20. The molecule has 1 heterocycles. The lowest BCUT2D eigenvalue weighted by molar-refractivity contribution is -0.117. The number of carbonyl (C=O) groups excluding carboxylic acids is 2. The van der Waals surface area contributed by atoms with E-state index in [1.54, 1.807) is 11.9 Å². The fourth-order valence-corrected chi connectivity index (χ4v) is 2.74. The zero-order valence-electron chi connectivity index (χ0n) is 11.0. The summed E-state index contributed by atoms with van der Waals surface area (Å²) < 4.78 is 0. The van der Waals surface area contributed by atoms with Crippen LogP contribution in [0.25, 0.3) is 0 Å². The Kier molecular flexibility index (Phi) is 2.19. The van der Waals surface area contributed by atoms with E-state index in [0.717, 1.165) is 23.2 Å². The molecule has 0 N–H and O–H groups in total. The molecule has 1 unspecified atom stereocenters. The van der Waals surface area contributed by atoms with Gasteiger partial charge in [-0.25, -0.2) is 0 Å². The molecule has 3 nitrogen and oxygen atoms in total. The third kappa shape index (κ3) is 1.57. The maximum Gasteiger partial charge on any atom is 0.231 e. The van der Waals surface area contributed by atoms with E-state index in [-0.39, 0.29) is 23.0 Å². The van der Waals surface area contributed by atoms with Crippen LogP contribution in [0.15, 0.2) is 18.2 Å². The quantitative estimate of drug-likeness (QED) is 0.748. The fourth-order valence-electron chi connectivity index (χ4n) is 2.74. The Labute approximate surface area is 107 Å². The molecule has 1 aliphatic heterocycles. The molecule has 18 heavy (non-hydrogen) atoms. The van der Waals surface area contributed by atoms with Gasteiger partial charge < -0.3 is 4.90 Å². The molecule has 1 amide bonds. The van der Waals surface area contributed by atoms with Crippen molar-refractivity contribution in [2.45, 2.75) is 26.7 Å². The van der Waals surface area contributed by atoms with Gasteiger partial charge in [-0.3, -0.25) is 9.59 Å². The molecule has 0 aromatic heterocycles. The minimum absolute atomic E-state index is 0.0985. The van der Waals surface area contributed by atoms with Crippen molar-refractivity contribution in [1.29, 1.82) is 0 Å². The highest BCUT2D eigenvalue weighted by atomic mass is 16.2. The lowest BCUT2D eigenvalue weighted by Gasteiger charge is -2.10. The molecule has 0 radical (unpaired) electrons. The molecule has 3 rings (SSSR count). The first-order valence-corrected chi connectivity index (χ1v) is 6.34. The van der Waals surface area contributed by atoms with Crippen LogP contribution in [-0.4, -0.2) is 18.7 Å². The lowest BCUT2D eigenvalue weighted by atomic mass is 9.99. The molecule has 1 aromatic carbocycles. The Hall–Kier alpha value is -1.64. The Morgan fingerprint density at radius 3 is 2.67 bits per heavy atom. The van der Waals surface area contributed by atoms with Gasteiger partial charge in [0.25, 0.3) is 0 Å². The van der Waals surface area contributed by atoms with E-state index in [1.165, 1.54) is 0 Å². The van der Waals surface area contributed by atoms with E-state index < -0.39 is 0 Å². The van der Waals surface area contributed by atoms with E-state index in [1.807, 2.05) is 18.2 Å². The maximum absolute atomic E-state index is 12.3. The standard InChI is InChI=1S/C15H17NO2/c1-15(2)8-11(15)14(18)9-4-5-12-10(6-9)7-13(17)16(12)3/h4-6,11H,7-8H2,1-3H3. The van der Waals surface area contributed by atoms with Crippen molar-refractivity contribution in [2.24, 2.45) is 11.3 Å².